The fourth-order valence-corrected chi connectivity index (χ4v) is 3.47. The lowest BCUT2D eigenvalue weighted by Crippen LogP contribution is -2.48. The van der Waals surface area contributed by atoms with Gasteiger partial charge < -0.3 is 14.7 Å². The molecular formula is C16H27NO4. The van der Waals surface area contributed by atoms with Crippen LogP contribution in [0.5, 0.6) is 0 Å². The van der Waals surface area contributed by atoms with E-state index < -0.39 is 11.9 Å². The van der Waals surface area contributed by atoms with Crippen LogP contribution in [-0.2, 0) is 14.3 Å². The monoisotopic (exact) mass is 297 g/mol. The highest BCUT2D eigenvalue weighted by molar-refractivity contribution is 5.85. The van der Waals surface area contributed by atoms with Gasteiger partial charge in [-0.15, -0.1) is 0 Å². The number of aliphatic carboxylic acids is 1. The van der Waals surface area contributed by atoms with Gasteiger partial charge >= 0.3 is 5.97 Å². The van der Waals surface area contributed by atoms with Crippen LogP contribution >= 0.6 is 0 Å². The largest absolute Gasteiger partial charge is 0.481 e. The second-order valence-corrected chi connectivity index (χ2v) is 6.44. The van der Waals surface area contributed by atoms with E-state index in [-0.39, 0.29) is 17.9 Å². The summed E-state index contributed by atoms with van der Waals surface area (Å²) in [6.45, 7) is 3.16. The molecule has 0 saturated heterocycles. The lowest BCUT2D eigenvalue weighted by atomic mass is 9.78. The molecule has 0 aliphatic heterocycles. The molecule has 2 aliphatic carbocycles. The fraction of sp³-hybridized carbons (Fsp3) is 0.875. The summed E-state index contributed by atoms with van der Waals surface area (Å²) in [5.41, 5.74) is 0. The summed E-state index contributed by atoms with van der Waals surface area (Å²) in [7, 11) is 1.63. The van der Waals surface area contributed by atoms with Crippen LogP contribution in [0.15, 0.2) is 0 Å². The molecule has 1 amide bonds. The van der Waals surface area contributed by atoms with Gasteiger partial charge in [-0.2, -0.15) is 0 Å². The highest BCUT2D eigenvalue weighted by Gasteiger charge is 2.41. The Bertz CT molecular complexity index is 380. The van der Waals surface area contributed by atoms with Crippen molar-refractivity contribution in [3.8, 4) is 0 Å². The van der Waals surface area contributed by atoms with Crippen molar-refractivity contribution < 1.29 is 19.4 Å². The minimum atomic E-state index is -0.821. The minimum Gasteiger partial charge on any atom is -0.481 e. The van der Waals surface area contributed by atoms with Crippen LogP contribution in [0.1, 0.15) is 45.4 Å². The number of hydrogen-bond acceptors (Lipinski definition) is 3. The third-order valence-electron chi connectivity index (χ3n) is 5.02. The number of methoxy groups -OCH3 is 1. The Morgan fingerprint density at radius 3 is 2.33 bits per heavy atom. The molecule has 3 atom stereocenters. The average molecular weight is 297 g/mol. The Morgan fingerprint density at radius 1 is 1.19 bits per heavy atom. The van der Waals surface area contributed by atoms with E-state index in [0.717, 1.165) is 12.8 Å². The number of amides is 1. The molecular weight excluding hydrogens is 270 g/mol. The maximum Gasteiger partial charge on any atom is 0.307 e. The zero-order chi connectivity index (χ0) is 15.4. The Hall–Kier alpha value is -1.10. The molecule has 1 N–H and O–H groups in total. The highest BCUT2D eigenvalue weighted by atomic mass is 16.5. The van der Waals surface area contributed by atoms with E-state index in [4.69, 9.17) is 4.74 Å². The Kier molecular flexibility index (Phi) is 5.62. The van der Waals surface area contributed by atoms with Crippen molar-refractivity contribution in [1.29, 1.82) is 0 Å². The van der Waals surface area contributed by atoms with Gasteiger partial charge in [-0.1, -0.05) is 12.8 Å². The number of ether oxygens (including phenoxy) is 1. The van der Waals surface area contributed by atoms with Crippen molar-refractivity contribution in [3.63, 3.8) is 0 Å². The summed E-state index contributed by atoms with van der Waals surface area (Å²) in [5.74, 6) is -1.08. The van der Waals surface area contributed by atoms with Gasteiger partial charge in [0.1, 0.15) is 0 Å². The van der Waals surface area contributed by atoms with Crippen LogP contribution in [0, 0.1) is 17.8 Å². The van der Waals surface area contributed by atoms with E-state index in [9.17, 15) is 14.7 Å². The summed E-state index contributed by atoms with van der Waals surface area (Å²) < 4.78 is 5.12. The van der Waals surface area contributed by atoms with E-state index in [2.05, 4.69) is 6.92 Å². The standard InChI is InChI=1S/C16H27NO4/c1-11(12-7-8-12)17(9-10-21-2)15(18)13-5-3-4-6-14(13)16(19)20/h11-14H,3-10H2,1-2H3,(H,19,20). The smallest absolute Gasteiger partial charge is 0.307 e. The van der Waals surface area contributed by atoms with Crippen molar-refractivity contribution in [2.75, 3.05) is 20.3 Å². The van der Waals surface area contributed by atoms with Gasteiger partial charge in [0.05, 0.1) is 18.4 Å². The fourth-order valence-electron chi connectivity index (χ4n) is 3.47. The number of hydrogen-bond donors (Lipinski definition) is 1. The van der Waals surface area contributed by atoms with Gasteiger partial charge in [0.2, 0.25) is 5.91 Å². The number of nitrogens with zero attached hydrogens (tertiary/aromatic N) is 1. The Morgan fingerprint density at radius 2 is 1.81 bits per heavy atom. The van der Waals surface area contributed by atoms with Crippen molar-refractivity contribution in [2.45, 2.75) is 51.5 Å². The first-order valence-electron chi connectivity index (χ1n) is 8.08. The second-order valence-electron chi connectivity index (χ2n) is 6.44. The Balaban J connectivity index is 2.09. The van der Waals surface area contributed by atoms with Crippen LogP contribution in [0.4, 0.5) is 0 Å². The normalized spacial score (nSPS) is 27.1. The van der Waals surface area contributed by atoms with Crippen molar-refractivity contribution in [2.24, 2.45) is 17.8 Å². The van der Waals surface area contributed by atoms with Crippen LogP contribution in [-0.4, -0.2) is 48.2 Å². The van der Waals surface area contributed by atoms with E-state index in [0.29, 0.717) is 31.9 Å². The first-order valence-corrected chi connectivity index (χ1v) is 8.08. The highest BCUT2D eigenvalue weighted by Crippen LogP contribution is 2.37. The zero-order valence-electron chi connectivity index (χ0n) is 13.1. The van der Waals surface area contributed by atoms with Gasteiger partial charge in [0, 0.05) is 19.7 Å². The lowest BCUT2D eigenvalue weighted by molar-refractivity contribution is -0.153. The first-order chi connectivity index (χ1) is 10.1. The Labute approximate surface area is 126 Å². The van der Waals surface area contributed by atoms with Crippen LogP contribution in [0.2, 0.25) is 0 Å². The summed E-state index contributed by atoms with van der Waals surface area (Å²) >= 11 is 0. The summed E-state index contributed by atoms with van der Waals surface area (Å²) in [5, 5.41) is 9.38. The van der Waals surface area contributed by atoms with Gasteiger partial charge in [-0.3, -0.25) is 9.59 Å². The number of carbonyl (C=O) groups excluding carboxylic acids is 1. The molecule has 2 aliphatic rings. The molecule has 0 radical (unpaired) electrons. The quantitative estimate of drug-likeness (QED) is 0.782. The van der Waals surface area contributed by atoms with Crippen LogP contribution in [0.3, 0.4) is 0 Å². The average Bonchev–Trinajstić information content (AvgIpc) is 3.31. The van der Waals surface area contributed by atoms with Crippen LogP contribution < -0.4 is 0 Å². The molecule has 120 valence electrons. The zero-order valence-corrected chi connectivity index (χ0v) is 13.1. The maximum absolute atomic E-state index is 12.9. The SMILES string of the molecule is COCCN(C(=O)C1CCCCC1C(=O)O)C(C)C1CC1. The summed E-state index contributed by atoms with van der Waals surface area (Å²) in [6, 6.07) is 0.198. The van der Waals surface area contributed by atoms with E-state index >= 15 is 0 Å². The molecule has 5 nitrogen and oxygen atoms in total. The number of carboxylic acids is 1. The first kappa shape index (κ1) is 16.3. The maximum atomic E-state index is 12.9. The summed E-state index contributed by atoms with van der Waals surface area (Å²) in [4.78, 5) is 26.2. The third-order valence-corrected chi connectivity index (χ3v) is 5.02. The van der Waals surface area contributed by atoms with E-state index in [1.807, 2.05) is 4.90 Å². The van der Waals surface area contributed by atoms with E-state index in [1.54, 1.807) is 7.11 Å². The van der Waals surface area contributed by atoms with Gasteiger partial charge in [-0.05, 0) is 38.5 Å². The van der Waals surface area contributed by atoms with Gasteiger partial charge in [-0.25, -0.2) is 0 Å². The van der Waals surface area contributed by atoms with E-state index in [1.165, 1.54) is 12.8 Å². The van der Waals surface area contributed by atoms with Crippen molar-refractivity contribution in [3.05, 3.63) is 0 Å². The predicted molar refractivity (Wildman–Crippen MR) is 78.9 cm³/mol. The third kappa shape index (κ3) is 3.96. The molecule has 0 spiro atoms. The second kappa shape index (κ2) is 7.25. The molecule has 5 heteroatoms. The van der Waals surface area contributed by atoms with Crippen LogP contribution in [0.25, 0.3) is 0 Å². The number of rotatable bonds is 7. The molecule has 21 heavy (non-hydrogen) atoms. The lowest BCUT2D eigenvalue weighted by Gasteiger charge is -2.36. The molecule has 2 fully saturated rings. The van der Waals surface area contributed by atoms with Gasteiger partial charge in [0.25, 0.3) is 0 Å². The summed E-state index contributed by atoms with van der Waals surface area (Å²) in [6.07, 6.45) is 5.54. The molecule has 0 aromatic carbocycles. The molecule has 0 aromatic rings. The minimum absolute atomic E-state index is 0.0264. The predicted octanol–water partition coefficient (Wildman–Crippen LogP) is 2.15. The molecule has 0 heterocycles. The van der Waals surface area contributed by atoms with Crippen molar-refractivity contribution in [1.82, 2.24) is 4.90 Å². The molecule has 2 saturated carbocycles. The number of carbonyl (C=O) groups is 2. The molecule has 0 bridgehead atoms. The molecule has 2 rings (SSSR count). The topological polar surface area (TPSA) is 66.8 Å². The molecule has 3 unspecified atom stereocenters. The molecule has 0 aromatic heterocycles. The van der Waals surface area contributed by atoms with Crippen molar-refractivity contribution >= 4 is 11.9 Å². The number of carboxylic acid groups (broad SMARTS) is 1. The van der Waals surface area contributed by atoms with Gasteiger partial charge in [0.15, 0.2) is 0 Å².